The molecule has 4 rings (SSSR count). The van der Waals surface area contributed by atoms with Crippen molar-refractivity contribution in [2.75, 3.05) is 19.6 Å². The molecule has 6 heteroatoms. The van der Waals surface area contributed by atoms with Crippen molar-refractivity contribution < 1.29 is 19.5 Å². The molecular formula is C20H18N2O4. The highest BCUT2D eigenvalue weighted by atomic mass is 16.4. The Balaban J connectivity index is 1.55. The third-order valence-corrected chi connectivity index (χ3v) is 5.39. The van der Waals surface area contributed by atoms with Crippen molar-refractivity contribution in [2.24, 2.45) is 11.3 Å². The summed E-state index contributed by atoms with van der Waals surface area (Å²) in [4.78, 5) is 38.0. The molecule has 0 spiro atoms. The maximum absolute atomic E-state index is 12.8. The van der Waals surface area contributed by atoms with Gasteiger partial charge in [0.25, 0.3) is 5.91 Å². The van der Waals surface area contributed by atoms with Crippen molar-refractivity contribution in [3.63, 3.8) is 0 Å². The van der Waals surface area contributed by atoms with Crippen LogP contribution in [0, 0.1) is 11.3 Å². The minimum Gasteiger partial charge on any atom is -0.481 e. The number of aliphatic carboxylic acids is 1. The zero-order chi connectivity index (χ0) is 18.3. The van der Waals surface area contributed by atoms with Gasteiger partial charge in [0.1, 0.15) is 5.41 Å². The molecule has 2 aliphatic rings. The smallest absolute Gasteiger partial charge is 0.314 e. The third-order valence-electron chi connectivity index (χ3n) is 5.39. The molecule has 2 heterocycles. The topological polar surface area (TPSA) is 86.7 Å². The van der Waals surface area contributed by atoms with Gasteiger partial charge in [-0.3, -0.25) is 14.4 Å². The lowest BCUT2D eigenvalue weighted by atomic mass is 9.81. The molecule has 0 radical (unpaired) electrons. The van der Waals surface area contributed by atoms with E-state index in [2.05, 4.69) is 5.32 Å². The van der Waals surface area contributed by atoms with Gasteiger partial charge in [-0.05, 0) is 23.3 Å². The molecule has 2 aromatic rings. The summed E-state index contributed by atoms with van der Waals surface area (Å²) < 4.78 is 0. The minimum atomic E-state index is -1.21. The monoisotopic (exact) mass is 350 g/mol. The normalized spacial score (nSPS) is 24.2. The SMILES string of the molecule is O=C1NC[C@@]2(C(=O)O)CN(C(=O)c3ccc(-c4ccccc4)cc3)C[C@@H]12. The van der Waals surface area contributed by atoms with E-state index in [0.717, 1.165) is 11.1 Å². The van der Waals surface area contributed by atoms with Gasteiger partial charge in [-0.15, -0.1) is 0 Å². The fraction of sp³-hybridized carbons (Fsp3) is 0.250. The molecule has 2 N–H and O–H groups in total. The van der Waals surface area contributed by atoms with Gasteiger partial charge < -0.3 is 15.3 Å². The highest BCUT2D eigenvalue weighted by Gasteiger charge is 2.60. The number of nitrogens with zero attached hydrogens (tertiary/aromatic N) is 1. The number of hydrogen-bond donors (Lipinski definition) is 2. The van der Waals surface area contributed by atoms with Crippen molar-refractivity contribution >= 4 is 17.8 Å². The Labute approximate surface area is 150 Å². The molecule has 2 atom stereocenters. The van der Waals surface area contributed by atoms with Crippen LogP contribution >= 0.6 is 0 Å². The van der Waals surface area contributed by atoms with Crippen molar-refractivity contribution in [1.82, 2.24) is 10.2 Å². The fourth-order valence-electron chi connectivity index (χ4n) is 3.86. The highest BCUT2D eigenvalue weighted by Crippen LogP contribution is 2.40. The van der Waals surface area contributed by atoms with Gasteiger partial charge in [0.15, 0.2) is 0 Å². The van der Waals surface area contributed by atoms with Crippen LogP contribution in [0.5, 0.6) is 0 Å². The van der Waals surface area contributed by atoms with Crippen LogP contribution in [0.15, 0.2) is 54.6 Å². The molecule has 2 fully saturated rings. The molecule has 0 unspecified atom stereocenters. The lowest BCUT2D eigenvalue weighted by molar-refractivity contribution is -0.149. The summed E-state index contributed by atoms with van der Waals surface area (Å²) in [5, 5.41) is 12.2. The Morgan fingerprint density at radius 1 is 1.04 bits per heavy atom. The molecule has 0 aromatic heterocycles. The van der Waals surface area contributed by atoms with E-state index in [1.165, 1.54) is 4.90 Å². The Morgan fingerprint density at radius 3 is 2.31 bits per heavy atom. The first-order valence-corrected chi connectivity index (χ1v) is 8.47. The van der Waals surface area contributed by atoms with E-state index >= 15 is 0 Å². The second-order valence-corrected chi connectivity index (χ2v) is 6.86. The molecule has 2 aliphatic heterocycles. The van der Waals surface area contributed by atoms with Gasteiger partial charge in [-0.1, -0.05) is 42.5 Å². The summed E-state index contributed by atoms with van der Waals surface area (Å²) in [7, 11) is 0. The minimum absolute atomic E-state index is 0.0466. The highest BCUT2D eigenvalue weighted by molar-refractivity contribution is 5.98. The Hall–Kier alpha value is -3.15. The summed E-state index contributed by atoms with van der Waals surface area (Å²) in [6.45, 7) is 0.255. The molecule has 2 aromatic carbocycles. The standard InChI is InChI=1S/C20H18N2O4/c23-17-16-10-22(12-20(16,11-21-17)19(25)26)18(24)15-8-6-14(7-9-15)13-4-2-1-3-5-13/h1-9,16H,10-12H2,(H,21,23)(H,25,26)/t16-,20+/m0/s1. The lowest BCUT2D eigenvalue weighted by Gasteiger charge is -2.22. The van der Waals surface area contributed by atoms with Gasteiger partial charge in [-0.25, -0.2) is 0 Å². The van der Waals surface area contributed by atoms with Crippen LogP contribution < -0.4 is 5.32 Å². The first kappa shape index (κ1) is 16.3. The summed E-state index contributed by atoms with van der Waals surface area (Å²) in [5.41, 5.74) is 1.34. The number of carboxylic acid groups (broad SMARTS) is 1. The van der Waals surface area contributed by atoms with E-state index in [-0.39, 0.29) is 31.4 Å². The zero-order valence-electron chi connectivity index (χ0n) is 14.0. The maximum atomic E-state index is 12.8. The number of amides is 2. The Morgan fingerprint density at radius 2 is 1.69 bits per heavy atom. The average molecular weight is 350 g/mol. The van der Waals surface area contributed by atoms with E-state index in [1.54, 1.807) is 12.1 Å². The van der Waals surface area contributed by atoms with Crippen LogP contribution in [-0.2, 0) is 9.59 Å². The number of fused-ring (bicyclic) bond motifs is 1. The van der Waals surface area contributed by atoms with Gasteiger partial charge in [0.05, 0.1) is 5.92 Å². The Kier molecular flexibility index (Phi) is 3.76. The van der Waals surface area contributed by atoms with Crippen molar-refractivity contribution in [1.29, 1.82) is 0 Å². The number of carbonyl (C=O) groups excluding carboxylic acids is 2. The molecule has 2 amide bonds. The fourth-order valence-corrected chi connectivity index (χ4v) is 3.86. The molecule has 6 nitrogen and oxygen atoms in total. The van der Waals surface area contributed by atoms with Crippen LogP contribution in [0.1, 0.15) is 10.4 Å². The molecule has 2 saturated heterocycles. The molecule has 0 bridgehead atoms. The van der Waals surface area contributed by atoms with Crippen LogP contribution in [0.4, 0.5) is 0 Å². The summed E-state index contributed by atoms with van der Waals surface area (Å²) in [5.74, 6) is -2.25. The van der Waals surface area contributed by atoms with Gasteiger partial charge in [-0.2, -0.15) is 0 Å². The molecule has 0 aliphatic carbocycles. The molecular weight excluding hydrogens is 332 g/mol. The van der Waals surface area contributed by atoms with Crippen LogP contribution in [0.2, 0.25) is 0 Å². The first-order valence-electron chi connectivity index (χ1n) is 8.47. The number of nitrogens with one attached hydrogen (secondary N) is 1. The number of carbonyl (C=O) groups is 3. The van der Waals surface area contributed by atoms with Crippen LogP contribution in [0.25, 0.3) is 11.1 Å². The quantitative estimate of drug-likeness (QED) is 0.881. The summed E-state index contributed by atoms with van der Waals surface area (Å²) in [6, 6.07) is 17.1. The molecule has 132 valence electrons. The van der Waals surface area contributed by atoms with Gasteiger partial charge in [0.2, 0.25) is 5.91 Å². The van der Waals surface area contributed by atoms with Gasteiger partial charge >= 0.3 is 5.97 Å². The van der Waals surface area contributed by atoms with E-state index in [0.29, 0.717) is 5.56 Å². The largest absolute Gasteiger partial charge is 0.481 e. The number of hydrogen-bond acceptors (Lipinski definition) is 3. The number of rotatable bonds is 3. The maximum Gasteiger partial charge on any atom is 0.314 e. The second kappa shape index (κ2) is 5.98. The van der Waals surface area contributed by atoms with E-state index < -0.39 is 17.3 Å². The van der Waals surface area contributed by atoms with Gasteiger partial charge in [0, 0.05) is 25.2 Å². The van der Waals surface area contributed by atoms with E-state index in [1.807, 2.05) is 42.5 Å². The summed E-state index contributed by atoms with van der Waals surface area (Å²) in [6.07, 6.45) is 0. The van der Waals surface area contributed by atoms with Crippen molar-refractivity contribution in [3.8, 4) is 11.1 Å². The number of benzene rings is 2. The predicted octanol–water partition coefficient (Wildman–Crippen LogP) is 1.63. The Bertz CT molecular complexity index is 878. The third kappa shape index (κ3) is 2.45. The predicted molar refractivity (Wildman–Crippen MR) is 94.4 cm³/mol. The average Bonchev–Trinajstić information content (AvgIpc) is 3.21. The van der Waals surface area contributed by atoms with Crippen molar-refractivity contribution in [3.05, 3.63) is 60.2 Å². The van der Waals surface area contributed by atoms with E-state index in [9.17, 15) is 19.5 Å². The lowest BCUT2D eigenvalue weighted by Crippen LogP contribution is -2.41. The number of carboxylic acids is 1. The first-order chi connectivity index (χ1) is 12.5. The second-order valence-electron chi connectivity index (χ2n) is 6.86. The van der Waals surface area contributed by atoms with E-state index in [4.69, 9.17) is 0 Å². The van der Waals surface area contributed by atoms with Crippen LogP contribution in [-0.4, -0.2) is 47.4 Å². The zero-order valence-corrected chi connectivity index (χ0v) is 14.0. The molecule has 26 heavy (non-hydrogen) atoms. The van der Waals surface area contributed by atoms with Crippen LogP contribution in [0.3, 0.4) is 0 Å². The summed E-state index contributed by atoms with van der Waals surface area (Å²) >= 11 is 0. The number of likely N-dealkylation sites (tertiary alicyclic amines) is 1. The van der Waals surface area contributed by atoms with Crippen molar-refractivity contribution in [2.45, 2.75) is 0 Å². The molecule has 0 saturated carbocycles.